The van der Waals surface area contributed by atoms with E-state index < -0.39 is 0 Å². The molecule has 0 aromatic heterocycles. The van der Waals surface area contributed by atoms with E-state index in [4.69, 9.17) is 0 Å². The van der Waals surface area contributed by atoms with Crippen LogP contribution in [0.15, 0.2) is 60.2 Å². The van der Waals surface area contributed by atoms with Crippen LogP contribution in [0.2, 0.25) is 0 Å². The molecule has 1 heteroatoms. The summed E-state index contributed by atoms with van der Waals surface area (Å²) in [6, 6.07) is 11.5. The molecule has 0 radical (unpaired) electrons. The molecule has 3 aliphatic rings. The van der Waals surface area contributed by atoms with Crippen molar-refractivity contribution in [3.8, 4) is 0 Å². The maximum absolute atomic E-state index is 2.43. The molecule has 150 valence electrons. The van der Waals surface area contributed by atoms with Gasteiger partial charge in [0.1, 0.15) is 0 Å². The minimum atomic E-state index is -0.0862. The lowest BCUT2D eigenvalue weighted by Crippen LogP contribution is -2.22. The molecule has 3 aliphatic carbocycles. The summed E-state index contributed by atoms with van der Waals surface area (Å²) >= 11 is 0. The van der Waals surface area contributed by atoms with Crippen LogP contribution >= 0.6 is 7.92 Å². The smallest absolute Gasteiger partial charge is 0.0173 e. The average molecular weight is 393 g/mol. The van der Waals surface area contributed by atoms with E-state index in [1.807, 2.05) is 0 Å². The molecule has 4 rings (SSSR count). The molecule has 1 aromatic carbocycles. The molecule has 0 saturated heterocycles. The number of benzene rings is 1. The van der Waals surface area contributed by atoms with Crippen LogP contribution in [0.4, 0.5) is 0 Å². The Bertz CT molecular complexity index is 669. The molecule has 2 saturated carbocycles. The lowest BCUT2D eigenvalue weighted by atomic mass is 9.95. The quantitative estimate of drug-likeness (QED) is 0.425. The molecule has 28 heavy (non-hydrogen) atoms. The third-order valence-electron chi connectivity index (χ3n) is 7.08. The van der Waals surface area contributed by atoms with Crippen molar-refractivity contribution in [1.29, 1.82) is 0 Å². The summed E-state index contributed by atoms with van der Waals surface area (Å²) in [5, 5.41) is 1.80. The van der Waals surface area contributed by atoms with Gasteiger partial charge in [0.2, 0.25) is 0 Å². The van der Waals surface area contributed by atoms with Crippen molar-refractivity contribution in [3.63, 3.8) is 0 Å². The van der Waals surface area contributed by atoms with Gasteiger partial charge in [0, 0.05) is 5.92 Å². The molecule has 0 amide bonds. The Morgan fingerprint density at radius 2 is 1.32 bits per heavy atom. The minimum absolute atomic E-state index is 0.0862. The predicted octanol–water partition coefficient (Wildman–Crippen LogP) is 8.70. The van der Waals surface area contributed by atoms with E-state index in [0.717, 1.165) is 11.3 Å². The fraction of sp³-hybridized carbons (Fsp3) is 0.556. The van der Waals surface area contributed by atoms with Crippen molar-refractivity contribution in [3.05, 3.63) is 65.8 Å². The van der Waals surface area contributed by atoms with Crippen molar-refractivity contribution in [2.45, 2.75) is 88.9 Å². The van der Waals surface area contributed by atoms with Crippen molar-refractivity contribution in [2.75, 3.05) is 0 Å². The van der Waals surface area contributed by atoms with E-state index in [2.05, 4.69) is 61.6 Å². The summed E-state index contributed by atoms with van der Waals surface area (Å²) in [5.74, 6) is 0.525. The minimum Gasteiger partial charge on any atom is -0.0735 e. The molecule has 1 aromatic rings. The van der Waals surface area contributed by atoms with Gasteiger partial charge < -0.3 is 0 Å². The molecular weight excluding hydrogens is 355 g/mol. The molecule has 0 bridgehead atoms. The van der Waals surface area contributed by atoms with Crippen molar-refractivity contribution >= 4 is 13.2 Å². The second-order valence-electron chi connectivity index (χ2n) is 8.88. The molecule has 2 fully saturated rings. The van der Waals surface area contributed by atoms with Crippen LogP contribution in [0.3, 0.4) is 0 Å². The van der Waals surface area contributed by atoms with Crippen LogP contribution in [0.25, 0.3) is 5.31 Å². The highest BCUT2D eigenvalue weighted by Crippen LogP contribution is 2.65. The first-order valence-corrected chi connectivity index (χ1v) is 13.3. The molecule has 0 atom stereocenters. The van der Waals surface area contributed by atoms with Gasteiger partial charge in [-0.05, 0) is 54.3 Å². The largest absolute Gasteiger partial charge is 0.0735 e. The first kappa shape index (κ1) is 20.2. The zero-order valence-corrected chi connectivity index (χ0v) is 18.5. The summed E-state index contributed by atoms with van der Waals surface area (Å²) in [4.78, 5) is 0. The standard InChI is InChI=1S/C27H37P/c1-2-26(22-14-12-13-15-22)27(23-16-6-3-7-17-23)28(24-18-8-4-9-19-24)25-20-10-5-11-21-25/h3,6-7,12-17,22,24-25H,2,4-5,8-11,18-21H2,1H3. The Labute approximate surface area is 174 Å². The van der Waals surface area contributed by atoms with Crippen molar-refractivity contribution in [1.82, 2.24) is 0 Å². The Hall–Kier alpha value is -1.13. The number of hydrogen-bond donors (Lipinski definition) is 0. The van der Waals surface area contributed by atoms with Crippen LogP contribution < -0.4 is 0 Å². The molecule has 0 aliphatic heterocycles. The van der Waals surface area contributed by atoms with Crippen molar-refractivity contribution in [2.24, 2.45) is 5.92 Å². The summed E-state index contributed by atoms with van der Waals surface area (Å²) in [7, 11) is -0.0862. The number of allylic oxidation sites excluding steroid dienone is 5. The third kappa shape index (κ3) is 4.54. The molecular formula is C27H37P. The Balaban J connectivity index is 1.82. The summed E-state index contributed by atoms with van der Waals surface area (Å²) in [5.41, 5.74) is 5.17. The third-order valence-corrected chi connectivity index (χ3v) is 10.7. The predicted molar refractivity (Wildman–Crippen MR) is 126 cm³/mol. The normalized spacial score (nSPS) is 22.8. The Kier molecular flexibility index (Phi) is 7.25. The highest BCUT2D eigenvalue weighted by molar-refractivity contribution is 7.69. The van der Waals surface area contributed by atoms with E-state index in [9.17, 15) is 0 Å². The van der Waals surface area contributed by atoms with Gasteiger partial charge in [-0.1, -0.05) is 114 Å². The van der Waals surface area contributed by atoms with Gasteiger partial charge >= 0.3 is 0 Å². The molecule has 0 N–H and O–H groups in total. The van der Waals surface area contributed by atoms with Gasteiger partial charge in [0.25, 0.3) is 0 Å². The summed E-state index contributed by atoms with van der Waals surface area (Å²) < 4.78 is 0. The summed E-state index contributed by atoms with van der Waals surface area (Å²) in [6.07, 6.45) is 25.2. The zero-order valence-electron chi connectivity index (χ0n) is 17.7. The van der Waals surface area contributed by atoms with E-state index in [1.54, 1.807) is 10.9 Å². The lowest BCUT2D eigenvalue weighted by Gasteiger charge is -2.41. The second-order valence-corrected chi connectivity index (χ2v) is 11.6. The average Bonchev–Trinajstić information content (AvgIpc) is 3.30. The van der Waals surface area contributed by atoms with Crippen LogP contribution in [-0.2, 0) is 0 Å². The number of hydrogen-bond acceptors (Lipinski definition) is 0. The van der Waals surface area contributed by atoms with Gasteiger partial charge in [0.15, 0.2) is 0 Å². The van der Waals surface area contributed by atoms with Crippen LogP contribution in [0, 0.1) is 5.92 Å². The monoisotopic (exact) mass is 392 g/mol. The Morgan fingerprint density at radius 1 is 0.786 bits per heavy atom. The van der Waals surface area contributed by atoms with Gasteiger partial charge in [-0.15, -0.1) is 0 Å². The molecule has 0 heterocycles. The fourth-order valence-electron chi connectivity index (χ4n) is 5.70. The maximum Gasteiger partial charge on any atom is 0.0173 e. The van der Waals surface area contributed by atoms with Crippen LogP contribution in [-0.4, -0.2) is 11.3 Å². The first-order chi connectivity index (χ1) is 13.9. The van der Waals surface area contributed by atoms with Crippen LogP contribution in [0.1, 0.15) is 83.1 Å². The topological polar surface area (TPSA) is 0 Å². The van der Waals surface area contributed by atoms with Gasteiger partial charge in [-0.3, -0.25) is 0 Å². The SMILES string of the molecule is CCC(=C(c1ccccc1)P(C1CCCCC1)C1CCCCC1)C1C=CC=C1. The lowest BCUT2D eigenvalue weighted by molar-refractivity contribution is 0.487. The fourth-order valence-corrected chi connectivity index (χ4v) is 9.96. The molecule has 0 nitrogen and oxygen atoms in total. The van der Waals surface area contributed by atoms with E-state index >= 15 is 0 Å². The second kappa shape index (κ2) is 10.1. The first-order valence-electron chi connectivity index (χ1n) is 11.8. The molecule has 0 spiro atoms. The van der Waals surface area contributed by atoms with E-state index in [1.165, 1.54) is 76.2 Å². The maximum atomic E-state index is 2.43. The number of rotatable bonds is 6. The molecule has 0 unspecified atom stereocenters. The van der Waals surface area contributed by atoms with Gasteiger partial charge in [-0.2, -0.15) is 0 Å². The summed E-state index contributed by atoms with van der Waals surface area (Å²) in [6.45, 7) is 2.40. The van der Waals surface area contributed by atoms with Crippen molar-refractivity contribution < 1.29 is 0 Å². The Morgan fingerprint density at radius 3 is 1.82 bits per heavy atom. The van der Waals surface area contributed by atoms with E-state index in [0.29, 0.717) is 5.92 Å². The van der Waals surface area contributed by atoms with Crippen LogP contribution in [0.5, 0.6) is 0 Å². The van der Waals surface area contributed by atoms with Gasteiger partial charge in [-0.25, -0.2) is 0 Å². The van der Waals surface area contributed by atoms with Gasteiger partial charge in [0.05, 0.1) is 0 Å². The van der Waals surface area contributed by atoms with E-state index in [-0.39, 0.29) is 7.92 Å². The highest BCUT2D eigenvalue weighted by atomic mass is 31.1. The zero-order chi connectivity index (χ0) is 19.2. The highest BCUT2D eigenvalue weighted by Gasteiger charge is 2.35.